The summed E-state index contributed by atoms with van der Waals surface area (Å²) in [4.78, 5) is 13.3. The van der Waals surface area contributed by atoms with Crippen LogP contribution in [0.4, 0.5) is 17.1 Å². The molecule has 2 aromatic rings. The molecule has 1 aliphatic heterocycles. The third-order valence-corrected chi connectivity index (χ3v) is 5.19. The van der Waals surface area contributed by atoms with E-state index >= 15 is 0 Å². The molecule has 2 aromatic carbocycles. The summed E-state index contributed by atoms with van der Waals surface area (Å²) in [6.07, 6.45) is 4.56. The minimum absolute atomic E-state index is 0.119. The number of piperidine rings is 1. The van der Waals surface area contributed by atoms with Crippen LogP contribution in [0.1, 0.15) is 38.2 Å². The average Bonchev–Trinajstić information content (AvgIpc) is 2.65. The second-order valence-electron chi connectivity index (χ2n) is 7.27. The van der Waals surface area contributed by atoms with E-state index in [1.165, 1.54) is 18.9 Å². The van der Waals surface area contributed by atoms with Crippen molar-refractivity contribution in [2.75, 3.05) is 23.7 Å². The molecule has 0 radical (unpaired) electrons. The normalized spacial score (nSPS) is 15.0. The molecule has 27 heavy (non-hydrogen) atoms. The SMILES string of the molecule is CCCC1CCN(c2cc(Oc3ccc(C)cc3N)ccc2[N+](=O)[O-])CC1. The van der Waals surface area contributed by atoms with Crippen LogP contribution in [0.3, 0.4) is 0 Å². The highest BCUT2D eigenvalue weighted by atomic mass is 16.6. The van der Waals surface area contributed by atoms with Crippen molar-refractivity contribution in [3.8, 4) is 11.5 Å². The van der Waals surface area contributed by atoms with E-state index < -0.39 is 0 Å². The highest BCUT2D eigenvalue weighted by Gasteiger charge is 2.25. The Bertz CT molecular complexity index is 814. The third-order valence-electron chi connectivity index (χ3n) is 5.19. The molecule has 0 bridgehead atoms. The number of ether oxygens (including phenoxy) is 1. The van der Waals surface area contributed by atoms with Gasteiger partial charge in [-0.15, -0.1) is 0 Å². The number of nitro groups is 1. The Balaban J connectivity index is 1.84. The number of nitrogens with zero attached hydrogens (tertiary/aromatic N) is 2. The first-order valence-corrected chi connectivity index (χ1v) is 9.55. The van der Waals surface area contributed by atoms with Gasteiger partial charge in [-0.05, 0) is 49.4 Å². The minimum atomic E-state index is -0.322. The van der Waals surface area contributed by atoms with Crippen LogP contribution in [0.25, 0.3) is 0 Å². The van der Waals surface area contributed by atoms with Gasteiger partial charge in [0.1, 0.15) is 17.2 Å². The number of nitro benzene ring substituents is 1. The van der Waals surface area contributed by atoms with Crippen molar-refractivity contribution in [1.82, 2.24) is 0 Å². The molecule has 144 valence electrons. The van der Waals surface area contributed by atoms with Crippen LogP contribution < -0.4 is 15.4 Å². The Morgan fingerprint density at radius 2 is 1.96 bits per heavy atom. The molecule has 0 unspecified atom stereocenters. The van der Waals surface area contributed by atoms with Crippen LogP contribution in [-0.2, 0) is 0 Å². The number of nitrogens with two attached hydrogens (primary N) is 1. The van der Waals surface area contributed by atoms with Crippen LogP contribution in [0.5, 0.6) is 11.5 Å². The zero-order chi connectivity index (χ0) is 19.4. The fourth-order valence-corrected chi connectivity index (χ4v) is 3.73. The second-order valence-corrected chi connectivity index (χ2v) is 7.27. The first-order valence-electron chi connectivity index (χ1n) is 9.55. The lowest BCUT2D eigenvalue weighted by molar-refractivity contribution is -0.384. The maximum absolute atomic E-state index is 11.5. The number of hydrogen-bond donors (Lipinski definition) is 1. The fourth-order valence-electron chi connectivity index (χ4n) is 3.73. The van der Waals surface area contributed by atoms with E-state index in [4.69, 9.17) is 10.5 Å². The van der Waals surface area contributed by atoms with Gasteiger partial charge < -0.3 is 15.4 Å². The van der Waals surface area contributed by atoms with E-state index in [2.05, 4.69) is 11.8 Å². The number of nitrogen functional groups attached to an aromatic ring is 1. The van der Waals surface area contributed by atoms with Crippen LogP contribution in [0.15, 0.2) is 36.4 Å². The smallest absolute Gasteiger partial charge is 0.292 e. The zero-order valence-corrected chi connectivity index (χ0v) is 16.0. The Labute approximate surface area is 160 Å². The van der Waals surface area contributed by atoms with E-state index in [0.717, 1.165) is 37.4 Å². The number of rotatable bonds is 6. The zero-order valence-electron chi connectivity index (χ0n) is 16.0. The van der Waals surface area contributed by atoms with Gasteiger partial charge in [0.15, 0.2) is 0 Å². The molecule has 1 saturated heterocycles. The Hall–Kier alpha value is -2.76. The van der Waals surface area contributed by atoms with Gasteiger partial charge in [-0.1, -0.05) is 25.8 Å². The van der Waals surface area contributed by atoms with E-state index in [0.29, 0.717) is 22.9 Å². The number of anilines is 2. The maximum atomic E-state index is 11.5. The standard InChI is InChI=1S/C21H27N3O3/c1-3-4-16-9-11-23(12-10-16)20-14-17(6-7-19(20)24(25)26)27-21-8-5-15(2)13-18(21)22/h5-8,13-14,16H,3-4,9-12,22H2,1-2H3. The van der Waals surface area contributed by atoms with Crippen molar-refractivity contribution in [3.05, 3.63) is 52.1 Å². The van der Waals surface area contributed by atoms with Gasteiger partial charge in [-0.2, -0.15) is 0 Å². The minimum Gasteiger partial charge on any atom is -0.455 e. The van der Waals surface area contributed by atoms with Crippen molar-refractivity contribution in [1.29, 1.82) is 0 Å². The Morgan fingerprint density at radius 3 is 2.59 bits per heavy atom. The summed E-state index contributed by atoms with van der Waals surface area (Å²) in [5, 5.41) is 11.5. The fraction of sp³-hybridized carbons (Fsp3) is 0.429. The molecule has 6 nitrogen and oxygen atoms in total. The van der Waals surface area contributed by atoms with Crippen molar-refractivity contribution in [2.24, 2.45) is 5.92 Å². The van der Waals surface area contributed by atoms with Crippen molar-refractivity contribution >= 4 is 17.1 Å². The first-order chi connectivity index (χ1) is 13.0. The molecular weight excluding hydrogens is 342 g/mol. The van der Waals surface area contributed by atoms with E-state index in [1.54, 1.807) is 12.1 Å². The van der Waals surface area contributed by atoms with Crippen LogP contribution in [0, 0.1) is 23.0 Å². The topological polar surface area (TPSA) is 81.6 Å². The lowest BCUT2D eigenvalue weighted by Gasteiger charge is -2.33. The predicted molar refractivity (Wildman–Crippen MR) is 109 cm³/mol. The molecule has 1 aliphatic rings. The lowest BCUT2D eigenvalue weighted by atomic mass is 9.92. The maximum Gasteiger partial charge on any atom is 0.292 e. The average molecular weight is 369 g/mol. The summed E-state index contributed by atoms with van der Waals surface area (Å²) >= 11 is 0. The van der Waals surface area contributed by atoms with Crippen LogP contribution in [-0.4, -0.2) is 18.0 Å². The van der Waals surface area contributed by atoms with Gasteiger partial charge in [0, 0.05) is 25.2 Å². The van der Waals surface area contributed by atoms with Crippen molar-refractivity contribution in [3.63, 3.8) is 0 Å². The van der Waals surface area contributed by atoms with Gasteiger partial charge in [0.2, 0.25) is 0 Å². The highest BCUT2D eigenvalue weighted by Crippen LogP contribution is 2.37. The molecule has 0 amide bonds. The van der Waals surface area contributed by atoms with Crippen molar-refractivity contribution < 1.29 is 9.66 Å². The molecule has 0 aromatic heterocycles. The monoisotopic (exact) mass is 369 g/mol. The van der Waals surface area contributed by atoms with Gasteiger partial charge in [0.05, 0.1) is 10.6 Å². The largest absolute Gasteiger partial charge is 0.455 e. The molecule has 0 aliphatic carbocycles. The van der Waals surface area contributed by atoms with E-state index in [1.807, 2.05) is 25.1 Å². The summed E-state index contributed by atoms with van der Waals surface area (Å²) in [5.41, 5.74) is 8.38. The van der Waals surface area contributed by atoms with Crippen LogP contribution in [0.2, 0.25) is 0 Å². The first kappa shape index (κ1) is 19.0. The highest BCUT2D eigenvalue weighted by molar-refractivity contribution is 5.67. The molecule has 6 heteroatoms. The molecule has 0 spiro atoms. The third kappa shape index (κ3) is 4.51. The van der Waals surface area contributed by atoms with Gasteiger partial charge in [-0.3, -0.25) is 10.1 Å². The number of aryl methyl sites for hydroxylation is 1. The van der Waals surface area contributed by atoms with Crippen LogP contribution >= 0.6 is 0 Å². The predicted octanol–water partition coefficient (Wildman–Crippen LogP) is 5.29. The van der Waals surface area contributed by atoms with E-state index in [9.17, 15) is 10.1 Å². The number of benzene rings is 2. The molecule has 1 fully saturated rings. The molecule has 1 heterocycles. The molecule has 0 saturated carbocycles. The molecule has 3 rings (SSSR count). The van der Waals surface area contributed by atoms with Gasteiger partial charge in [-0.25, -0.2) is 0 Å². The Kier molecular flexibility index (Phi) is 5.84. The quantitative estimate of drug-likeness (QED) is 0.425. The van der Waals surface area contributed by atoms with Crippen molar-refractivity contribution in [2.45, 2.75) is 39.5 Å². The summed E-state index contributed by atoms with van der Waals surface area (Å²) in [7, 11) is 0. The van der Waals surface area contributed by atoms with Gasteiger partial charge in [0.25, 0.3) is 5.69 Å². The summed E-state index contributed by atoms with van der Waals surface area (Å²) in [6, 6.07) is 10.5. The molecule has 0 atom stereocenters. The lowest BCUT2D eigenvalue weighted by Crippen LogP contribution is -2.34. The van der Waals surface area contributed by atoms with E-state index in [-0.39, 0.29) is 10.6 Å². The van der Waals surface area contributed by atoms with Gasteiger partial charge >= 0.3 is 0 Å². The number of hydrogen-bond acceptors (Lipinski definition) is 5. The molecular formula is C21H27N3O3. The second kappa shape index (κ2) is 8.29. The molecule has 2 N–H and O–H groups in total. The Morgan fingerprint density at radius 1 is 1.22 bits per heavy atom. The summed E-state index contributed by atoms with van der Waals surface area (Å²) in [6.45, 7) is 5.84. The summed E-state index contributed by atoms with van der Waals surface area (Å²) in [5.74, 6) is 1.83. The summed E-state index contributed by atoms with van der Waals surface area (Å²) < 4.78 is 5.92.